The smallest absolute Gasteiger partial charge is 0.254 e. The van der Waals surface area contributed by atoms with Gasteiger partial charge in [-0.3, -0.25) is 9.78 Å². The minimum atomic E-state index is -0.311. The highest BCUT2D eigenvalue weighted by Crippen LogP contribution is 2.24. The fourth-order valence-electron chi connectivity index (χ4n) is 1.69. The van der Waals surface area contributed by atoms with Gasteiger partial charge in [0.05, 0.1) is 27.3 Å². The maximum atomic E-state index is 12.2. The van der Waals surface area contributed by atoms with Crippen LogP contribution < -0.4 is 5.32 Å². The molecular weight excluding hydrogens is 283 g/mol. The number of carbonyl (C=O) groups excluding carboxylic acids is 1. The van der Waals surface area contributed by atoms with E-state index >= 15 is 0 Å². The monoisotopic (exact) mass is 294 g/mol. The number of hydrogen-bond acceptors (Lipinski definition) is 2. The van der Waals surface area contributed by atoms with E-state index in [-0.39, 0.29) is 17.5 Å². The first-order valence-corrected chi connectivity index (χ1v) is 6.51. The predicted molar refractivity (Wildman–Crippen MR) is 76.6 cm³/mol. The molecule has 0 radical (unpaired) electrons. The number of pyridine rings is 1. The molecule has 2 rings (SSSR count). The first-order chi connectivity index (χ1) is 9.09. The van der Waals surface area contributed by atoms with Gasteiger partial charge < -0.3 is 5.32 Å². The lowest BCUT2D eigenvalue weighted by molar-refractivity contribution is 0.0939. The molecule has 0 saturated heterocycles. The van der Waals surface area contributed by atoms with Crippen molar-refractivity contribution < 1.29 is 4.79 Å². The van der Waals surface area contributed by atoms with Crippen LogP contribution in [-0.2, 0) is 0 Å². The fourth-order valence-corrected chi connectivity index (χ4v) is 2.26. The first kappa shape index (κ1) is 13.8. The second-order valence-corrected chi connectivity index (χ2v) is 4.86. The minimum Gasteiger partial charge on any atom is -0.344 e. The molecule has 0 fully saturated rings. The molecule has 0 aliphatic carbocycles. The number of nitrogens with zero attached hydrogens (tertiary/aromatic N) is 1. The third kappa shape index (κ3) is 3.25. The lowest BCUT2D eigenvalue weighted by atomic mass is 10.1. The van der Waals surface area contributed by atoms with Gasteiger partial charge in [0, 0.05) is 6.20 Å². The summed E-state index contributed by atoms with van der Waals surface area (Å²) in [7, 11) is 0. The van der Waals surface area contributed by atoms with Crippen molar-refractivity contribution in [2.75, 3.05) is 0 Å². The van der Waals surface area contributed by atoms with Crippen molar-refractivity contribution in [3.05, 3.63) is 63.9 Å². The minimum absolute atomic E-state index is 0.221. The van der Waals surface area contributed by atoms with E-state index in [0.29, 0.717) is 10.0 Å². The molecule has 98 valence electrons. The Balaban J connectivity index is 2.18. The number of aromatic nitrogens is 1. The molecule has 5 heteroatoms. The molecule has 1 unspecified atom stereocenters. The van der Waals surface area contributed by atoms with Crippen LogP contribution in [0.3, 0.4) is 0 Å². The maximum absolute atomic E-state index is 12.2. The lowest BCUT2D eigenvalue weighted by Crippen LogP contribution is -2.27. The number of benzene rings is 1. The van der Waals surface area contributed by atoms with E-state index in [9.17, 15) is 4.79 Å². The Morgan fingerprint density at radius 1 is 1.16 bits per heavy atom. The van der Waals surface area contributed by atoms with E-state index in [2.05, 4.69) is 10.3 Å². The molecule has 1 aromatic carbocycles. The number of carbonyl (C=O) groups is 1. The second kappa shape index (κ2) is 6.04. The quantitative estimate of drug-likeness (QED) is 0.933. The number of nitrogens with one attached hydrogen (secondary N) is 1. The average Bonchev–Trinajstić information content (AvgIpc) is 2.39. The molecule has 0 saturated carbocycles. The highest BCUT2D eigenvalue weighted by Gasteiger charge is 2.17. The molecule has 2 aromatic rings. The van der Waals surface area contributed by atoms with Crippen molar-refractivity contribution in [2.24, 2.45) is 0 Å². The van der Waals surface area contributed by atoms with E-state index in [1.165, 1.54) is 0 Å². The first-order valence-electron chi connectivity index (χ1n) is 5.75. The largest absolute Gasteiger partial charge is 0.344 e. The Labute approximate surface area is 121 Å². The normalized spacial score (nSPS) is 11.9. The SMILES string of the molecule is CC(NC(=O)c1c(Cl)cccc1Cl)c1ccccn1. The predicted octanol–water partition coefficient (Wildman–Crippen LogP) is 3.88. The van der Waals surface area contributed by atoms with Gasteiger partial charge >= 0.3 is 0 Å². The fraction of sp³-hybridized carbons (Fsp3) is 0.143. The van der Waals surface area contributed by atoms with Crippen molar-refractivity contribution in [3.8, 4) is 0 Å². The molecule has 1 heterocycles. The van der Waals surface area contributed by atoms with Crippen LogP contribution >= 0.6 is 23.2 Å². The van der Waals surface area contributed by atoms with Crippen molar-refractivity contribution in [3.63, 3.8) is 0 Å². The van der Waals surface area contributed by atoms with Gasteiger partial charge in [-0.05, 0) is 31.2 Å². The van der Waals surface area contributed by atoms with Crippen molar-refractivity contribution >= 4 is 29.1 Å². The number of hydrogen-bond donors (Lipinski definition) is 1. The third-order valence-corrected chi connectivity index (χ3v) is 3.30. The summed E-state index contributed by atoms with van der Waals surface area (Å²) < 4.78 is 0. The van der Waals surface area contributed by atoms with E-state index in [0.717, 1.165) is 5.69 Å². The van der Waals surface area contributed by atoms with Gasteiger partial charge in [0.15, 0.2) is 0 Å². The van der Waals surface area contributed by atoms with Crippen LogP contribution in [0.15, 0.2) is 42.6 Å². The number of halogens is 2. The molecule has 1 atom stereocenters. The molecule has 0 aliphatic rings. The van der Waals surface area contributed by atoms with Gasteiger partial charge in [0.1, 0.15) is 0 Å². The van der Waals surface area contributed by atoms with E-state index in [1.807, 2.05) is 25.1 Å². The van der Waals surface area contributed by atoms with Crippen LogP contribution in [0.4, 0.5) is 0 Å². The van der Waals surface area contributed by atoms with Crippen LogP contribution in [0.1, 0.15) is 29.0 Å². The summed E-state index contributed by atoms with van der Waals surface area (Å²) in [6.07, 6.45) is 1.68. The molecule has 1 aromatic heterocycles. The van der Waals surface area contributed by atoms with E-state index in [1.54, 1.807) is 24.4 Å². The second-order valence-electron chi connectivity index (χ2n) is 4.05. The van der Waals surface area contributed by atoms with Crippen LogP contribution in [-0.4, -0.2) is 10.9 Å². The van der Waals surface area contributed by atoms with Gasteiger partial charge in [-0.15, -0.1) is 0 Å². The highest BCUT2D eigenvalue weighted by molar-refractivity contribution is 6.39. The maximum Gasteiger partial charge on any atom is 0.254 e. The summed E-state index contributed by atoms with van der Waals surface area (Å²) in [5, 5.41) is 3.49. The van der Waals surface area contributed by atoms with Gasteiger partial charge in [0.25, 0.3) is 5.91 Å². The topological polar surface area (TPSA) is 42.0 Å². The number of rotatable bonds is 3. The van der Waals surface area contributed by atoms with Crippen LogP contribution in [0.5, 0.6) is 0 Å². The average molecular weight is 295 g/mol. The third-order valence-electron chi connectivity index (χ3n) is 2.67. The molecule has 1 amide bonds. The summed E-state index contributed by atoms with van der Waals surface area (Å²) in [5.74, 6) is -0.311. The molecule has 0 aliphatic heterocycles. The molecule has 0 bridgehead atoms. The van der Waals surface area contributed by atoms with Crippen molar-refractivity contribution in [2.45, 2.75) is 13.0 Å². The standard InChI is InChI=1S/C14H12Cl2N2O/c1-9(12-7-2-3-8-17-12)18-14(19)13-10(15)5-4-6-11(13)16/h2-9H,1H3,(H,18,19). The summed E-state index contributed by atoms with van der Waals surface area (Å²) in [6, 6.07) is 10.3. The summed E-state index contributed by atoms with van der Waals surface area (Å²) in [4.78, 5) is 16.4. The van der Waals surface area contributed by atoms with Gasteiger partial charge in [-0.25, -0.2) is 0 Å². The Hall–Kier alpha value is -1.58. The Morgan fingerprint density at radius 2 is 1.84 bits per heavy atom. The van der Waals surface area contributed by atoms with Crippen LogP contribution in [0.25, 0.3) is 0 Å². The van der Waals surface area contributed by atoms with E-state index in [4.69, 9.17) is 23.2 Å². The highest BCUT2D eigenvalue weighted by atomic mass is 35.5. The van der Waals surface area contributed by atoms with Crippen LogP contribution in [0.2, 0.25) is 10.0 Å². The Morgan fingerprint density at radius 3 is 2.42 bits per heavy atom. The zero-order chi connectivity index (χ0) is 13.8. The molecule has 1 N–H and O–H groups in total. The zero-order valence-corrected chi connectivity index (χ0v) is 11.7. The van der Waals surface area contributed by atoms with Crippen molar-refractivity contribution in [1.29, 1.82) is 0 Å². The Bertz CT molecular complexity index is 567. The molecule has 3 nitrogen and oxygen atoms in total. The summed E-state index contributed by atoms with van der Waals surface area (Å²) in [6.45, 7) is 1.85. The van der Waals surface area contributed by atoms with Crippen LogP contribution in [0, 0.1) is 0 Å². The summed E-state index contributed by atoms with van der Waals surface area (Å²) >= 11 is 12.0. The molecular formula is C14H12Cl2N2O. The lowest BCUT2D eigenvalue weighted by Gasteiger charge is -2.14. The summed E-state index contributed by atoms with van der Waals surface area (Å²) in [5.41, 5.74) is 1.06. The van der Waals surface area contributed by atoms with Gasteiger partial charge in [0.2, 0.25) is 0 Å². The molecule has 0 spiro atoms. The van der Waals surface area contributed by atoms with E-state index < -0.39 is 0 Å². The van der Waals surface area contributed by atoms with Gasteiger partial charge in [-0.2, -0.15) is 0 Å². The van der Waals surface area contributed by atoms with Crippen molar-refractivity contribution in [1.82, 2.24) is 10.3 Å². The van der Waals surface area contributed by atoms with Gasteiger partial charge in [-0.1, -0.05) is 35.3 Å². The zero-order valence-electron chi connectivity index (χ0n) is 10.2. The Kier molecular flexibility index (Phi) is 4.40. The number of amides is 1. The molecule has 19 heavy (non-hydrogen) atoms.